The van der Waals surface area contributed by atoms with Gasteiger partial charge in [-0.3, -0.25) is 0 Å². The lowest BCUT2D eigenvalue weighted by Gasteiger charge is -2.24. The molecule has 0 aromatic heterocycles. The second kappa shape index (κ2) is 7.93. The summed E-state index contributed by atoms with van der Waals surface area (Å²) in [5.41, 5.74) is 1.79. The van der Waals surface area contributed by atoms with Crippen molar-refractivity contribution in [3.05, 3.63) is 47.6 Å². The molecule has 27 heavy (non-hydrogen) atoms. The van der Waals surface area contributed by atoms with E-state index >= 15 is 0 Å². The van der Waals surface area contributed by atoms with Crippen molar-refractivity contribution >= 4 is 11.3 Å². The Morgan fingerprint density at radius 2 is 1.78 bits per heavy atom. The summed E-state index contributed by atoms with van der Waals surface area (Å²) >= 11 is 0. The number of aliphatic hydroxyl groups excluding tert-OH is 1. The number of nitrogens with two attached hydrogens (primary N) is 1. The van der Waals surface area contributed by atoms with Gasteiger partial charge in [-0.1, -0.05) is 18.7 Å². The van der Waals surface area contributed by atoms with Gasteiger partial charge in [0.05, 0.1) is 17.4 Å². The Labute approximate surface area is 152 Å². The van der Waals surface area contributed by atoms with Crippen molar-refractivity contribution in [1.82, 2.24) is 4.90 Å². The normalized spacial score (nSPS) is 18.0. The molecule has 2 rings (SSSR count). The van der Waals surface area contributed by atoms with Gasteiger partial charge in [-0.05, 0) is 43.6 Å². The van der Waals surface area contributed by atoms with Crippen molar-refractivity contribution in [2.24, 2.45) is 0 Å². The van der Waals surface area contributed by atoms with Crippen molar-refractivity contribution in [1.29, 1.82) is 0 Å². The van der Waals surface area contributed by atoms with E-state index in [4.69, 9.17) is 5.73 Å². The van der Waals surface area contributed by atoms with E-state index < -0.39 is 35.3 Å². The number of hydrogen-bond acceptors (Lipinski definition) is 3. The summed E-state index contributed by atoms with van der Waals surface area (Å²) in [6.45, 7) is 4.22. The van der Waals surface area contributed by atoms with Crippen LogP contribution in [0.2, 0.25) is 0 Å². The number of anilines is 1. The molecule has 0 bridgehead atoms. The third-order valence-electron chi connectivity index (χ3n) is 4.41. The highest BCUT2D eigenvalue weighted by Crippen LogP contribution is 2.39. The Morgan fingerprint density at radius 1 is 1.19 bits per heavy atom. The molecule has 1 unspecified atom stereocenters. The third-order valence-corrected chi connectivity index (χ3v) is 4.41. The summed E-state index contributed by atoms with van der Waals surface area (Å²) in [7, 11) is 0. The molecule has 1 aromatic carbocycles. The molecule has 1 aliphatic rings. The van der Waals surface area contributed by atoms with Gasteiger partial charge in [0, 0.05) is 17.7 Å². The lowest BCUT2D eigenvalue weighted by atomic mass is 9.94. The van der Waals surface area contributed by atoms with E-state index in [1.165, 1.54) is 0 Å². The number of likely N-dealkylation sites (tertiary alicyclic amines) is 1. The van der Waals surface area contributed by atoms with Gasteiger partial charge < -0.3 is 15.7 Å². The molecule has 150 valence electrons. The van der Waals surface area contributed by atoms with Crippen molar-refractivity contribution in [2.45, 2.75) is 31.3 Å². The Hall–Kier alpha value is -2.00. The molecule has 0 radical (unpaired) electrons. The number of nitrogens with zero attached hydrogens (tertiary/aromatic N) is 1. The summed E-state index contributed by atoms with van der Waals surface area (Å²) in [5, 5.41) is 10.5. The Balaban J connectivity index is 2.49. The number of hydrogen-bond donors (Lipinski definition) is 2. The Kier molecular flexibility index (Phi) is 6.26. The maximum atomic E-state index is 13.1. The fourth-order valence-corrected chi connectivity index (χ4v) is 3.00. The van der Waals surface area contributed by atoms with Gasteiger partial charge in [0.1, 0.15) is 0 Å². The van der Waals surface area contributed by atoms with Crippen LogP contribution in [0.4, 0.5) is 32.0 Å². The molecule has 0 saturated carbocycles. The zero-order chi connectivity index (χ0) is 20.4. The minimum Gasteiger partial charge on any atom is -0.398 e. The van der Waals surface area contributed by atoms with Crippen LogP contribution in [0.3, 0.4) is 0 Å². The first-order chi connectivity index (χ1) is 12.4. The van der Waals surface area contributed by atoms with Crippen molar-refractivity contribution in [3.63, 3.8) is 0 Å². The number of halogens is 6. The van der Waals surface area contributed by atoms with Gasteiger partial charge in [0.25, 0.3) is 0 Å². The fourth-order valence-electron chi connectivity index (χ4n) is 3.00. The molecule has 1 atom stereocenters. The van der Waals surface area contributed by atoms with Crippen molar-refractivity contribution < 1.29 is 31.4 Å². The molecule has 3 N–H and O–H groups in total. The molecule has 1 aliphatic heterocycles. The number of benzene rings is 1. The predicted molar refractivity (Wildman–Crippen MR) is 90.7 cm³/mol. The first-order valence-electron chi connectivity index (χ1n) is 8.25. The number of rotatable bonds is 5. The molecule has 0 aliphatic carbocycles. The SMILES string of the molecule is C=C(/C=C(\c1cccc(C(F)(F)F)c1N)C(O)CN1CCCC1)C(F)(F)F. The average Bonchev–Trinajstić information content (AvgIpc) is 3.03. The predicted octanol–water partition coefficient (Wildman–Crippen LogP) is 4.25. The number of aliphatic hydroxyl groups is 1. The highest BCUT2D eigenvalue weighted by atomic mass is 19.4. The second-order valence-corrected chi connectivity index (χ2v) is 6.41. The first-order valence-corrected chi connectivity index (χ1v) is 8.25. The van der Waals surface area contributed by atoms with Crippen LogP contribution in [-0.2, 0) is 6.18 Å². The largest absolute Gasteiger partial charge is 0.418 e. The molecule has 1 aromatic rings. The van der Waals surface area contributed by atoms with Gasteiger partial charge in [0.15, 0.2) is 0 Å². The van der Waals surface area contributed by atoms with Gasteiger partial charge >= 0.3 is 12.4 Å². The zero-order valence-electron chi connectivity index (χ0n) is 14.4. The van der Waals surface area contributed by atoms with Crippen LogP contribution >= 0.6 is 0 Å². The Morgan fingerprint density at radius 3 is 2.30 bits per heavy atom. The number of alkyl halides is 6. The van der Waals surface area contributed by atoms with Crippen molar-refractivity contribution in [3.8, 4) is 0 Å². The third kappa shape index (κ3) is 5.26. The zero-order valence-corrected chi connectivity index (χ0v) is 14.4. The smallest absolute Gasteiger partial charge is 0.398 e. The fraction of sp³-hybridized carbons (Fsp3) is 0.444. The number of allylic oxidation sites excluding steroid dienone is 2. The quantitative estimate of drug-likeness (QED) is 0.446. The van der Waals surface area contributed by atoms with Crippen LogP contribution < -0.4 is 5.73 Å². The summed E-state index contributed by atoms with van der Waals surface area (Å²) in [5.74, 6) is 0. The minimum atomic E-state index is -4.78. The lowest BCUT2D eigenvalue weighted by molar-refractivity contribution is -0.136. The Bertz CT molecular complexity index is 718. The van der Waals surface area contributed by atoms with E-state index in [-0.39, 0.29) is 17.7 Å². The van der Waals surface area contributed by atoms with Gasteiger partial charge in [0.2, 0.25) is 0 Å². The first kappa shape index (κ1) is 21.3. The number of nitrogen functional groups attached to an aromatic ring is 1. The van der Waals surface area contributed by atoms with Crippen molar-refractivity contribution in [2.75, 3.05) is 25.4 Å². The molecule has 3 nitrogen and oxygen atoms in total. The van der Waals surface area contributed by atoms with Gasteiger partial charge in [-0.2, -0.15) is 26.3 Å². The molecule has 0 spiro atoms. The van der Waals surface area contributed by atoms with E-state index in [9.17, 15) is 31.4 Å². The summed E-state index contributed by atoms with van der Waals surface area (Å²) in [4.78, 5) is 1.83. The molecule has 1 saturated heterocycles. The van der Waals surface area contributed by atoms with Gasteiger partial charge in [-0.25, -0.2) is 0 Å². The topological polar surface area (TPSA) is 49.5 Å². The highest BCUT2D eigenvalue weighted by molar-refractivity contribution is 5.81. The van der Waals surface area contributed by atoms with Gasteiger partial charge in [-0.15, -0.1) is 0 Å². The summed E-state index contributed by atoms with van der Waals surface area (Å²) in [6, 6.07) is 2.94. The van der Waals surface area contributed by atoms with E-state index in [2.05, 4.69) is 6.58 Å². The highest BCUT2D eigenvalue weighted by Gasteiger charge is 2.36. The molecule has 0 amide bonds. The number of para-hydroxylation sites is 1. The maximum Gasteiger partial charge on any atom is 0.418 e. The van der Waals surface area contributed by atoms with Crippen LogP contribution in [0.25, 0.3) is 5.57 Å². The van der Waals surface area contributed by atoms with Crippen LogP contribution in [0.5, 0.6) is 0 Å². The summed E-state index contributed by atoms with van der Waals surface area (Å²) < 4.78 is 78.1. The molecule has 9 heteroatoms. The lowest BCUT2D eigenvalue weighted by Crippen LogP contribution is -2.31. The van der Waals surface area contributed by atoms with E-state index in [0.717, 1.165) is 31.0 Å². The summed E-state index contributed by atoms with van der Waals surface area (Å²) in [6.07, 6.45) is -8.68. The van der Waals surface area contributed by atoms with E-state index in [0.29, 0.717) is 19.2 Å². The van der Waals surface area contributed by atoms with Crippen LogP contribution in [0.1, 0.15) is 24.0 Å². The monoisotopic (exact) mass is 394 g/mol. The minimum absolute atomic E-state index is 0.00729. The molecular formula is C18H20F6N2O. The van der Waals surface area contributed by atoms with Crippen LogP contribution in [-0.4, -0.2) is 41.9 Å². The van der Waals surface area contributed by atoms with E-state index in [1.807, 2.05) is 4.90 Å². The standard InChI is InChI=1S/C18H20F6N2O/c1-11(17(19,20)21)9-13(15(27)10-26-7-2-3-8-26)12-5-4-6-14(16(12)25)18(22,23)24/h4-6,9,15,27H,1-3,7-8,10,25H2/b13-9+. The maximum absolute atomic E-state index is 13.1. The second-order valence-electron chi connectivity index (χ2n) is 6.41. The average molecular weight is 394 g/mol. The molecular weight excluding hydrogens is 374 g/mol. The van der Waals surface area contributed by atoms with E-state index in [1.54, 1.807) is 0 Å². The number of β-amino-alcohol motifs (C(OH)–C–C–N with tert-alkyl or cyclic N) is 1. The van der Waals surface area contributed by atoms with Crippen LogP contribution in [0, 0.1) is 0 Å². The van der Waals surface area contributed by atoms with Crippen LogP contribution in [0.15, 0.2) is 36.4 Å². The molecule has 1 fully saturated rings. The molecule has 1 heterocycles.